The molecule has 0 unspecified atom stereocenters. The lowest BCUT2D eigenvalue weighted by atomic mass is 10.1. The van der Waals surface area contributed by atoms with Gasteiger partial charge in [-0.3, -0.25) is 4.79 Å². The summed E-state index contributed by atoms with van der Waals surface area (Å²) < 4.78 is 5.56. The number of hydrogen-bond donors (Lipinski definition) is 0. The highest BCUT2D eigenvalue weighted by atomic mass is 16.5. The maximum Gasteiger partial charge on any atom is 0.260 e. The number of carbonyl (C=O) groups excluding carboxylic acids is 1. The third-order valence-corrected chi connectivity index (χ3v) is 2.73. The van der Waals surface area contributed by atoms with Gasteiger partial charge in [0.2, 0.25) is 0 Å². The predicted molar refractivity (Wildman–Crippen MR) is 69.3 cm³/mol. The molecule has 0 aliphatic carbocycles. The number of likely N-dealkylation sites (N-methyl/N-ethyl adjacent to an activating group) is 1. The molecule has 0 atom stereocenters. The normalized spacial score (nSPS) is 9.67. The van der Waals surface area contributed by atoms with E-state index in [4.69, 9.17) is 10.00 Å². The molecule has 0 aliphatic heterocycles. The minimum atomic E-state index is -0.118. The van der Waals surface area contributed by atoms with Gasteiger partial charge in [0.25, 0.3) is 5.91 Å². The topological polar surface area (TPSA) is 53.3 Å². The van der Waals surface area contributed by atoms with Crippen molar-refractivity contribution >= 4 is 5.91 Å². The molecular formula is C14H18N2O2. The Balaban J connectivity index is 2.55. The fourth-order valence-electron chi connectivity index (χ4n) is 1.61. The molecule has 0 aromatic heterocycles. The predicted octanol–water partition coefficient (Wildman–Crippen LogP) is 2.05. The van der Waals surface area contributed by atoms with Gasteiger partial charge >= 0.3 is 0 Å². The van der Waals surface area contributed by atoms with Gasteiger partial charge in [0.05, 0.1) is 12.5 Å². The van der Waals surface area contributed by atoms with Gasteiger partial charge in [-0.25, -0.2) is 0 Å². The second-order valence-corrected chi connectivity index (χ2v) is 4.23. The van der Waals surface area contributed by atoms with Crippen molar-refractivity contribution in [2.75, 3.05) is 20.2 Å². The van der Waals surface area contributed by atoms with Crippen LogP contribution in [0.1, 0.15) is 17.5 Å². The van der Waals surface area contributed by atoms with Crippen LogP contribution >= 0.6 is 0 Å². The van der Waals surface area contributed by atoms with E-state index >= 15 is 0 Å². The molecule has 0 fully saturated rings. The van der Waals surface area contributed by atoms with E-state index in [2.05, 4.69) is 0 Å². The molecule has 0 spiro atoms. The number of benzene rings is 1. The Bertz CT molecular complexity index is 443. The summed E-state index contributed by atoms with van der Waals surface area (Å²) >= 11 is 0. The first kappa shape index (κ1) is 14.0. The van der Waals surface area contributed by atoms with Crippen molar-refractivity contribution in [3.05, 3.63) is 29.3 Å². The van der Waals surface area contributed by atoms with Crippen LogP contribution in [-0.4, -0.2) is 31.0 Å². The van der Waals surface area contributed by atoms with E-state index in [1.807, 2.05) is 38.1 Å². The summed E-state index contributed by atoms with van der Waals surface area (Å²) in [6, 6.07) is 7.87. The van der Waals surface area contributed by atoms with Crippen molar-refractivity contribution < 1.29 is 9.53 Å². The van der Waals surface area contributed by atoms with Crippen LogP contribution in [0.4, 0.5) is 0 Å². The number of hydrogen-bond acceptors (Lipinski definition) is 3. The lowest BCUT2D eigenvalue weighted by Crippen LogP contribution is -2.32. The number of ether oxygens (including phenoxy) is 1. The van der Waals surface area contributed by atoms with Crippen LogP contribution in [0, 0.1) is 25.2 Å². The highest BCUT2D eigenvalue weighted by Gasteiger charge is 2.11. The van der Waals surface area contributed by atoms with Gasteiger partial charge in [-0.2, -0.15) is 5.26 Å². The Morgan fingerprint density at radius 1 is 1.39 bits per heavy atom. The molecule has 0 bridgehead atoms. The molecule has 0 saturated heterocycles. The molecule has 0 saturated carbocycles. The molecule has 4 heteroatoms. The molecule has 1 rings (SSSR count). The maximum absolute atomic E-state index is 11.7. The lowest BCUT2D eigenvalue weighted by Gasteiger charge is -2.17. The van der Waals surface area contributed by atoms with Crippen molar-refractivity contribution in [3.8, 4) is 11.8 Å². The number of amides is 1. The highest BCUT2D eigenvalue weighted by molar-refractivity contribution is 5.77. The van der Waals surface area contributed by atoms with E-state index in [1.165, 1.54) is 4.90 Å². The maximum atomic E-state index is 11.7. The van der Waals surface area contributed by atoms with Crippen molar-refractivity contribution in [2.45, 2.75) is 20.3 Å². The van der Waals surface area contributed by atoms with Gasteiger partial charge in [-0.05, 0) is 25.0 Å². The summed E-state index contributed by atoms with van der Waals surface area (Å²) in [5, 5.41) is 8.46. The van der Waals surface area contributed by atoms with Crippen molar-refractivity contribution in [2.24, 2.45) is 0 Å². The molecular weight excluding hydrogens is 228 g/mol. The summed E-state index contributed by atoms with van der Waals surface area (Å²) in [6.45, 7) is 4.34. The monoisotopic (exact) mass is 246 g/mol. The van der Waals surface area contributed by atoms with Crippen LogP contribution in [0.5, 0.6) is 5.75 Å². The Hall–Kier alpha value is -2.02. The van der Waals surface area contributed by atoms with Crippen LogP contribution in [-0.2, 0) is 4.79 Å². The summed E-state index contributed by atoms with van der Waals surface area (Å²) in [7, 11) is 1.67. The summed E-state index contributed by atoms with van der Waals surface area (Å²) in [5.74, 6) is 0.646. The number of rotatable bonds is 5. The Morgan fingerprint density at radius 3 is 2.56 bits per heavy atom. The van der Waals surface area contributed by atoms with Crippen LogP contribution in [0.15, 0.2) is 18.2 Å². The number of para-hydroxylation sites is 1. The van der Waals surface area contributed by atoms with Crippen LogP contribution in [0.2, 0.25) is 0 Å². The van der Waals surface area contributed by atoms with Crippen molar-refractivity contribution in [3.63, 3.8) is 0 Å². The van der Waals surface area contributed by atoms with E-state index in [9.17, 15) is 4.79 Å². The van der Waals surface area contributed by atoms with Gasteiger partial charge in [0.15, 0.2) is 6.61 Å². The quantitative estimate of drug-likeness (QED) is 0.799. The third kappa shape index (κ3) is 3.77. The average Bonchev–Trinajstić information content (AvgIpc) is 2.35. The SMILES string of the molecule is Cc1cccc(C)c1OCC(=O)N(C)CCC#N. The Morgan fingerprint density at radius 2 is 2.00 bits per heavy atom. The largest absolute Gasteiger partial charge is 0.483 e. The molecule has 0 radical (unpaired) electrons. The summed E-state index contributed by atoms with van der Waals surface area (Å²) in [4.78, 5) is 13.2. The van der Waals surface area contributed by atoms with Crippen LogP contribution < -0.4 is 4.74 Å². The van der Waals surface area contributed by atoms with E-state index in [1.54, 1.807) is 7.05 Å². The average molecular weight is 246 g/mol. The molecule has 1 aromatic rings. The van der Waals surface area contributed by atoms with E-state index in [0.29, 0.717) is 13.0 Å². The smallest absolute Gasteiger partial charge is 0.260 e. The first-order valence-electron chi connectivity index (χ1n) is 5.86. The molecule has 0 heterocycles. The zero-order valence-electron chi connectivity index (χ0n) is 11.1. The van der Waals surface area contributed by atoms with Gasteiger partial charge in [-0.15, -0.1) is 0 Å². The molecule has 1 aromatic carbocycles. The zero-order chi connectivity index (χ0) is 13.5. The first-order valence-corrected chi connectivity index (χ1v) is 5.86. The second kappa shape index (κ2) is 6.65. The molecule has 4 nitrogen and oxygen atoms in total. The standard InChI is InChI=1S/C14H18N2O2/c1-11-6-4-7-12(2)14(11)18-10-13(17)16(3)9-5-8-15/h4,6-7H,5,9-10H2,1-3H3. The Labute approximate surface area is 108 Å². The number of carbonyl (C=O) groups is 1. The van der Waals surface area contributed by atoms with E-state index in [-0.39, 0.29) is 12.5 Å². The number of nitrogens with zero attached hydrogens (tertiary/aromatic N) is 2. The van der Waals surface area contributed by atoms with E-state index in [0.717, 1.165) is 16.9 Å². The molecule has 0 aliphatic rings. The van der Waals surface area contributed by atoms with Crippen molar-refractivity contribution in [1.82, 2.24) is 4.90 Å². The van der Waals surface area contributed by atoms with Crippen molar-refractivity contribution in [1.29, 1.82) is 5.26 Å². The van der Waals surface area contributed by atoms with Crippen LogP contribution in [0.25, 0.3) is 0 Å². The molecule has 1 amide bonds. The zero-order valence-corrected chi connectivity index (χ0v) is 11.1. The minimum Gasteiger partial charge on any atom is -0.483 e. The summed E-state index contributed by atoms with van der Waals surface area (Å²) in [6.07, 6.45) is 0.339. The fourth-order valence-corrected chi connectivity index (χ4v) is 1.61. The second-order valence-electron chi connectivity index (χ2n) is 4.23. The first-order chi connectivity index (χ1) is 8.56. The van der Waals surface area contributed by atoms with E-state index < -0.39 is 0 Å². The summed E-state index contributed by atoms with van der Waals surface area (Å²) in [5.41, 5.74) is 2.03. The molecule has 0 N–H and O–H groups in total. The number of nitriles is 1. The Kier molecular flexibility index (Phi) is 5.19. The fraction of sp³-hybridized carbons (Fsp3) is 0.429. The molecule has 18 heavy (non-hydrogen) atoms. The minimum absolute atomic E-state index is 0.00756. The van der Waals surface area contributed by atoms with Crippen LogP contribution in [0.3, 0.4) is 0 Å². The third-order valence-electron chi connectivity index (χ3n) is 2.73. The molecule has 96 valence electrons. The van der Waals surface area contributed by atoms with Gasteiger partial charge in [0.1, 0.15) is 5.75 Å². The highest BCUT2D eigenvalue weighted by Crippen LogP contribution is 2.22. The van der Waals surface area contributed by atoms with Gasteiger partial charge in [0, 0.05) is 13.6 Å². The lowest BCUT2D eigenvalue weighted by molar-refractivity contribution is -0.132. The number of aryl methyl sites for hydroxylation is 2. The van der Waals surface area contributed by atoms with Gasteiger partial charge in [-0.1, -0.05) is 18.2 Å². The van der Waals surface area contributed by atoms with Gasteiger partial charge < -0.3 is 9.64 Å².